The molecule has 0 fully saturated rings. The summed E-state index contributed by atoms with van der Waals surface area (Å²) in [5.74, 6) is 1.91. The van der Waals surface area contributed by atoms with Crippen LogP contribution in [0.4, 0.5) is 0 Å². The fraction of sp³-hybridized carbons (Fsp3) is 0.333. The van der Waals surface area contributed by atoms with E-state index in [9.17, 15) is 0 Å². The summed E-state index contributed by atoms with van der Waals surface area (Å²) in [5.41, 5.74) is 2.47. The van der Waals surface area contributed by atoms with Gasteiger partial charge in [-0.3, -0.25) is 0 Å². The molecule has 1 aromatic heterocycles. The number of rotatable bonds is 4. The van der Waals surface area contributed by atoms with E-state index in [1.807, 2.05) is 19.2 Å². The number of hydrogen-bond donors (Lipinski definition) is 1. The molecule has 1 heterocycles. The molecule has 0 aliphatic rings. The highest BCUT2D eigenvalue weighted by molar-refractivity contribution is 9.10. The highest BCUT2D eigenvalue weighted by Gasteiger charge is 2.12. The Hall–Kier alpha value is -1.06. The smallest absolute Gasteiger partial charge is 0.134 e. The molecule has 1 unspecified atom stereocenters. The van der Waals surface area contributed by atoms with Crippen LogP contribution in [0.5, 0.6) is 0 Å². The van der Waals surface area contributed by atoms with E-state index >= 15 is 0 Å². The molecule has 1 aromatic carbocycles. The number of halogens is 1. The molecule has 0 aliphatic carbocycles. The van der Waals surface area contributed by atoms with Gasteiger partial charge in [0.2, 0.25) is 0 Å². The highest BCUT2D eigenvalue weighted by atomic mass is 79.9. The van der Waals surface area contributed by atoms with Crippen LogP contribution in [0.3, 0.4) is 0 Å². The number of aryl methyl sites for hydroxylation is 1. The second-order valence-corrected chi connectivity index (χ2v) is 5.28. The van der Waals surface area contributed by atoms with Crippen LogP contribution >= 0.6 is 15.9 Å². The van der Waals surface area contributed by atoms with Crippen LogP contribution in [-0.4, -0.2) is 7.05 Å². The zero-order valence-corrected chi connectivity index (χ0v) is 12.5. The summed E-state index contributed by atoms with van der Waals surface area (Å²) >= 11 is 3.51. The molecular formula is C15H18BrNO. The Morgan fingerprint density at radius 3 is 2.72 bits per heavy atom. The van der Waals surface area contributed by atoms with Gasteiger partial charge >= 0.3 is 0 Å². The fourth-order valence-corrected chi connectivity index (χ4v) is 2.38. The molecule has 1 atom stereocenters. The third-order valence-corrected chi connectivity index (χ3v) is 3.69. The van der Waals surface area contributed by atoms with E-state index < -0.39 is 0 Å². The Labute approximate surface area is 117 Å². The molecule has 2 nitrogen and oxygen atoms in total. The quantitative estimate of drug-likeness (QED) is 0.896. The van der Waals surface area contributed by atoms with Crippen LogP contribution in [0, 0.1) is 0 Å². The maximum Gasteiger partial charge on any atom is 0.134 e. The van der Waals surface area contributed by atoms with Gasteiger partial charge in [0.25, 0.3) is 0 Å². The molecule has 2 aromatic rings. The molecule has 1 N–H and O–H groups in total. The highest BCUT2D eigenvalue weighted by Crippen LogP contribution is 2.30. The van der Waals surface area contributed by atoms with Crippen molar-refractivity contribution in [3.63, 3.8) is 0 Å². The zero-order chi connectivity index (χ0) is 13.1. The van der Waals surface area contributed by atoms with Crippen molar-refractivity contribution in [2.24, 2.45) is 0 Å². The number of furan rings is 1. The van der Waals surface area contributed by atoms with Crippen LogP contribution in [-0.2, 0) is 6.42 Å². The maximum atomic E-state index is 5.93. The second kappa shape index (κ2) is 5.72. The van der Waals surface area contributed by atoms with Crippen molar-refractivity contribution in [1.29, 1.82) is 0 Å². The molecule has 0 saturated heterocycles. The summed E-state index contributed by atoms with van der Waals surface area (Å²) in [6, 6.07) is 10.6. The Morgan fingerprint density at radius 1 is 1.28 bits per heavy atom. The van der Waals surface area contributed by atoms with E-state index in [1.54, 1.807) is 0 Å². The predicted molar refractivity (Wildman–Crippen MR) is 78.7 cm³/mol. The van der Waals surface area contributed by atoms with Crippen molar-refractivity contribution in [3.8, 4) is 11.3 Å². The summed E-state index contributed by atoms with van der Waals surface area (Å²) in [6.45, 7) is 4.25. The number of nitrogens with one attached hydrogen (secondary N) is 1. The topological polar surface area (TPSA) is 25.2 Å². The fourth-order valence-electron chi connectivity index (χ4n) is 1.97. The lowest BCUT2D eigenvalue weighted by Crippen LogP contribution is -2.11. The largest absolute Gasteiger partial charge is 0.459 e. The first-order chi connectivity index (χ1) is 8.65. The van der Waals surface area contributed by atoms with Gasteiger partial charge in [-0.1, -0.05) is 22.9 Å². The first kappa shape index (κ1) is 13.4. The first-order valence-corrected chi connectivity index (χ1v) is 7.00. The van der Waals surface area contributed by atoms with Crippen molar-refractivity contribution in [3.05, 3.63) is 46.1 Å². The molecule has 96 valence electrons. The van der Waals surface area contributed by atoms with E-state index in [2.05, 4.69) is 53.3 Å². The van der Waals surface area contributed by atoms with Crippen LogP contribution in [0.1, 0.15) is 31.2 Å². The molecule has 0 aliphatic heterocycles. The second-order valence-electron chi connectivity index (χ2n) is 4.37. The van der Waals surface area contributed by atoms with E-state index in [4.69, 9.17) is 4.42 Å². The minimum atomic E-state index is 0.235. The third-order valence-electron chi connectivity index (χ3n) is 3.20. The Morgan fingerprint density at radius 2 is 2.06 bits per heavy atom. The van der Waals surface area contributed by atoms with E-state index in [0.29, 0.717) is 0 Å². The summed E-state index contributed by atoms with van der Waals surface area (Å²) in [7, 11) is 1.93. The normalized spacial score (nSPS) is 12.7. The first-order valence-electron chi connectivity index (χ1n) is 6.21. The van der Waals surface area contributed by atoms with Crippen molar-refractivity contribution >= 4 is 15.9 Å². The molecule has 0 amide bonds. The molecule has 2 rings (SSSR count). The van der Waals surface area contributed by atoms with Crippen molar-refractivity contribution < 1.29 is 4.42 Å². The summed E-state index contributed by atoms with van der Waals surface area (Å²) < 4.78 is 7.04. The monoisotopic (exact) mass is 307 g/mol. The van der Waals surface area contributed by atoms with Gasteiger partial charge in [-0.05, 0) is 56.3 Å². The predicted octanol–water partition coefficient (Wildman–Crippen LogP) is 4.55. The third kappa shape index (κ3) is 2.68. The summed E-state index contributed by atoms with van der Waals surface area (Å²) in [6.07, 6.45) is 0.992. The van der Waals surface area contributed by atoms with Gasteiger partial charge in [0, 0.05) is 10.0 Å². The van der Waals surface area contributed by atoms with Gasteiger partial charge < -0.3 is 9.73 Å². The van der Waals surface area contributed by atoms with Gasteiger partial charge in [0.15, 0.2) is 0 Å². The number of hydrogen-bond acceptors (Lipinski definition) is 2. The minimum Gasteiger partial charge on any atom is -0.459 e. The van der Waals surface area contributed by atoms with Crippen LogP contribution < -0.4 is 5.32 Å². The SMILES string of the molecule is CCc1cc(Br)ccc1-c1ccc(C(C)NC)o1. The molecule has 18 heavy (non-hydrogen) atoms. The molecule has 3 heteroatoms. The van der Waals surface area contributed by atoms with Gasteiger partial charge in [-0.15, -0.1) is 0 Å². The van der Waals surface area contributed by atoms with Crippen molar-refractivity contribution in [1.82, 2.24) is 5.32 Å². The lowest BCUT2D eigenvalue weighted by molar-refractivity contribution is 0.458. The van der Waals surface area contributed by atoms with Gasteiger partial charge in [0.1, 0.15) is 11.5 Å². The summed E-state index contributed by atoms with van der Waals surface area (Å²) in [5, 5.41) is 3.18. The van der Waals surface area contributed by atoms with Gasteiger partial charge in [-0.2, -0.15) is 0 Å². The van der Waals surface area contributed by atoms with Gasteiger partial charge in [-0.25, -0.2) is 0 Å². The minimum absolute atomic E-state index is 0.235. The van der Waals surface area contributed by atoms with Crippen LogP contribution in [0.2, 0.25) is 0 Å². The average molecular weight is 308 g/mol. The Kier molecular flexibility index (Phi) is 4.25. The molecular weight excluding hydrogens is 290 g/mol. The Balaban J connectivity index is 2.39. The van der Waals surface area contributed by atoms with Crippen molar-refractivity contribution in [2.45, 2.75) is 26.3 Å². The zero-order valence-electron chi connectivity index (χ0n) is 11.0. The van der Waals surface area contributed by atoms with Crippen LogP contribution in [0.25, 0.3) is 11.3 Å². The molecule has 0 bridgehead atoms. The van der Waals surface area contributed by atoms with E-state index in [1.165, 1.54) is 11.1 Å². The standard InChI is InChI=1S/C15H18BrNO/c1-4-11-9-12(16)5-6-13(11)15-8-7-14(18-15)10(2)17-3/h5-10,17H,4H2,1-3H3. The number of benzene rings is 1. The average Bonchev–Trinajstić information content (AvgIpc) is 2.87. The van der Waals surface area contributed by atoms with Crippen molar-refractivity contribution in [2.75, 3.05) is 7.05 Å². The lowest BCUT2D eigenvalue weighted by atomic mass is 10.0. The Bertz CT molecular complexity index is 533. The van der Waals surface area contributed by atoms with Gasteiger partial charge in [0.05, 0.1) is 6.04 Å². The molecule has 0 saturated carbocycles. The maximum absolute atomic E-state index is 5.93. The van der Waals surface area contributed by atoms with Crippen LogP contribution in [0.15, 0.2) is 39.2 Å². The van der Waals surface area contributed by atoms with E-state index in [0.717, 1.165) is 22.4 Å². The molecule has 0 spiro atoms. The van der Waals surface area contributed by atoms with E-state index in [-0.39, 0.29) is 6.04 Å². The lowest BCUT2D eigenvalue weighted by Gasteiger charge is -2.08. The molecule has 0 radical (unpaired) electrons. The summed E-state index contributed by atoms with van der Waals surface area (Å²) in [4.78, 5) is 0.